The Morgan fingerprint density at radius 2 is 1.68 bits per heavy atom. The van der Waals surface area contributed by atoms with Gasteiger partial charge in [0.1, 0.15) is 5.75 Å². The van der Waals surface area contributed by atoms with Crippen molar-refractivity contribution in [3.8, 4) is 5.75 Å². The molecule has 5 nitrogen and oxygen atoms in total. The number of methoxy groups -OCH3 is 2. The van der Waals surface area contributed by atoms with E-state index in [4.69, 9.17) is 9.47 Å². The number of ether oxygens (including phenoxy) is 2. The first-order chi connectivity index (χ1) is 12.0. The number of hydrogen-bond acceptors (Lipinski definition) is 4. The van der Waals surface area contributed by atoms with Gasteiger partial charge in [-0.05, 0) is 35.4 Å². The van der Waals surface area contributed by atoms with Crippen LogP contribution >= 0.6 is 15.9 Å². The van der Waals surface area contributed by atoms with E-state index in [1.54, 1.807) is 19.2 Å². The van der Waals surface area contributed by atoms with Gasteiger partial charge in [0, 0.05) is 4.47 Å². The largest absolute Gasteiger partial charge is 0.497 e. The zero-order valence-electron chi connectivity index (χ0n) is 14.1. The van der Waals surface area contributed by atoms with Crippen LogP contribution in [0.1, 0.15) is 23.6 Å². The van der Waals surface area contributed by atoms with Crippen molar-refractivity contribution >= 4 is 27.8 Å². The first-order valence-electron chi connectivity index (χ1n) is 7.76. The highest BCUT2D eigenvalue weighted by atomic mass is 79.9. The molecule has 0 heterocycles. The fourth-order valence-electron chi connectivity index (χ4n) is 2.37. The van der Waals surface area contributed by atoms with Crippen LogP contribution in [0.2, 0.25) is 0 Å². The van der Waals surface area contributed by atoms with Gasteiger partial charge in [-0.2, -0.15) is 0 Å². The molecular formula is C19H20BrNO4. The molecule has 1 atom stereocenters. The molecule has 0 radical (unpaired) electrons. The second-order valence-corrected chi connectivity index (χ2v) is 6.39. The van der Waals surface area contributed by atoms with Crippen LogP contribution in [0, 0.1) is 0 Å². The molecule has 0 aliphatic carbocycles. The van der Waals surface area contributed by atoms with Crippen LogP contribution in [0.25, 0.3) is 0 Å². The Labute approximate surface area is 155 Å². The first-order valence-corrected chi connectivity index (χ1v) is 8.55. The van der Waals surface area contributed by atoms with Crippen molar-refractivity contribution in [3.63, 3.8) is 0 Å². The zero-order valence-corrected chi connectivity index (χ0v) is 15.7. The number of carbonyl (C=O) groups excluding carboxylic acids is 2. The normalized spacial score (nSPS) is 11.5. The quantitative estimate of drug-likeness (QED) is 0.716. The fraction of sp³-hybridized carbons (Fsp3) is 0.263. The number of nitrogens with one attached hydrogen (secondary N) is 1. The van der Waals surface area contributed by atoms with Gasteiger partial charge >= 0.3 is 5.97 Å². The second kappa shape index (κ2) is 9.22. The number of rotatable bonds is 7. The van der Waals surface area contributed by atoms with Crippen molar-refractivity contribution < 1.29 is 19.1 Å². The molecule has 0 aliphatic heterocycles. The van der Waals surface area contributed by atoms with Gasteiger partial charge in [-0.3, -0.25) is 9.59 Å². The monoisotopic (exact) mass is 405 g/mol. The Balaban J connectivity index is 2.09. The summed E-state index contributed by atoms with van der Waals surface area (Å²) in [4.78, 5) is 24.1. The number of carbonyl (C=O) groups is 2. The molecule has 0 saturated heterocycles. The summed E-state index contributed by atoms with van der Waals surface area (Å²) in [6.45, 7) is 0. The summed E-state index contributed by atoms with van der Waals surface area (Å²) in [6, 6.07) is 14.3. The lowest BCUT2D eigenvalue weighted by atomic mass is 10.0. The van der Waals surface area contributed by atoms with E-state index in [0.29, 0.717) is 5.75 Å². The Bertz CT molecular complexity index is 713. The minimum atomic E-state index is -0.457. The summed E-state index contributed by atoms with van der Waals surface area (Å²) in [5.41, 5.74) is 1.71. The Hall–Kier alpha value is -2.34. The molecule has 0 spiro atoms. The third kappa shape index (κ3) is 5.90. The van der Waals surface area contributed by atoms with E-state index in [1.807, 2.05) is 36.4 Å². The lowest BCUT2D eigenvalue weighted by Gasteiger charge is -2.18. The van der Waals surface area contributed by atoms with Gasteiger partial charge in [-0.15, -0.1) is 0 Å². The molecule has 0 bridgehead atoms. The van der Waals surface area contributed by atoms with E-state index in [9.17, 15) is 9.59 Å². The van der Waals surface area contributed by atoms with Crippen LogP contribution in [0.15, 0.2) is 53.0 Å². The van der Waals surface area contributed by atoms with Gasteiger partial charge in [0.2, 0.25) is 5.91 Å². The molecular weight excluding hydrogens is 386 g/mol. The summed E-state index contributed by atoms with van der Waals surface area (Å²) in [5.74, 6) is 0.165. The van der Waals surface area contributed by atoms with E-state index in [0.717, 1.165) is 15.6 Å². The molecule has 2 aromatic rings. The number of amides is 1. The van der Waals surface area contributed by atoms with Crippen molar-refractivity contribution in [2.45, 2.75) is 18.9 Å². The highest BCUT2D eigenvalue weighted by Crippen LogP contribution is 2.21. The van der Waals surface area contributed by atoms with Gasteiger partial charge in [0.15, 0.2) is 0 Å². The number of hydrogen-bond donors (Lipinski definition) is 1. The Morgan fingerprint density at radius 1 is 1.04 bits per heavy atom. The predicted molar refractivity (Wildman–Crippen MR) is 98.4 cm³/mol. The Kier molecular flexibility index (Phi) is 7.01. The minimum absolute atomic E-state index is 0.0644. The molecule has 132 valence electrons. The first kappa shape index (κ1) is 19.0. The molecule has 0 fully saturated rings. The van der Waals surface area contributed by atoms with E-state index >= 15 is 0 Å². The van der Waals surface area contributed by atoms with Crippen LogP contribution < -0.4 is 10.1 Å². The van der Waals surface area contributed by atoms with E-state index in [2.05, 4.69) is 21.2 Å². The summed E-state index contributed by atoms with van der Waals surface area (Å²) in [7, 11) is 2.91. The summed E-state index contributed by atoms with van der Waals surface area (Å²) in [5, 5.41) is 2.91. The maximum absolute atomic E-state index is 12.4. The third-order valence-corrected chi connectivity index (χ3v) is 4.26. The van der Waals surface area contributed by atoms with Gasteiger partial charge in [0.25, 0.3) is 0 Å². The van der Waals surface area contributed by atoms with Crippen LogP contribution in [-0.2, 0) is 20.7 Å². The summed E-state index contributed by atoms with van der Waals surface area (Å²) in [6.07, 6.45) is 0.302. The van der Waals surface area contributed by atoms with Gasteiger partial charge in [-0.1, -0.05) is 40.2 Å². The summed E-state index contributed by atoms with van der Waals surface area (Å²) < 4.78 is 10.8. The molecule has 2 aromatic carbocycles. The minimum Gasteiger partial charge on any atom is -0.497 e. The van der Waals surface area contributed by atoms with Crippen molar-refractivity contribution in [2.24, 2.45) is 0 Å². The molecule has 1 N–H and O–H groups in total. The van der Waals surface area contributed by atoms with Crippen molar-refractivity contribution in [1.82, 2.24) is 5.32 Å². The average Bonchev–Trinajstić information content (AvgIpc) is 2.63. The van der Waals surface area contributed by atoms with Crippen LogP contribution in [-0.4, -0.2) is 26.1 Å². The predicted octanol–water partition coefficient (Wildman–Crippen LogP) is 3.42. The number of halogens is 1. The van der Waals surface area contributed by atoms with E-state index in [1.165, 1.54) is 7.11 Å². The highest BCUT2D eigenvalue weighted by molar-refractivity contribution is 9.10. The summed E-state index contributed by atoms with van der Waals surface area (Å²) >= 11 is 3.37. The van der Waals surface area contributed by atoms with Gasteiger partial charge in [0.05, 0.1) is 33.1 Å². The van der Waals surface area contributed by atoms with Crippen LogP contribution in [0.5, 0.6) is 5.75 Å². The topological polar surface area (TPSA) is 64.6 Å². The smallest absolute Gasteiger partial charge is 0.307 e. The van der Waals surface area contributed by atoms with Gasteiger partial charge in [-0.25, -0.2) is 0 Å². The number of esters is 1. The zero-order chi connectivity index (χ0) is 18.2. The van der Waals surface area contributed by atoms with E-state index in [-0.39, 0.29) is 24.7 Å². The molecule has 0 aliphatic rings. The molecule has 0 aromatic heterocycles. The Morgan fingerprint density at radius 3 is 2.24 bits per heavy atom. The van der Waals surface area contributed by atoms with Gasteiger partial charge < -0.3 is 14.8 Å². The van der Waals surface area contributed by atoms with Crippen LogP contribution in [0.3, 0.4) is 0 Å². The lowest BCUT2D eigenvalue weighted by Crippen LogP contribution is -2.31. The average molecular weight is 406 g/mol. The second-order valence-electron chi connectivity index (χ2n) is 5.48. The standard InChI is InChI=1S/C19H20BrNO4/c1-24-16-9-5-14(6-10-16)17(12-19(23)25-2)21-18(22)11-13-3-7-15(20)8-4-13/h3-10,17H,11-12H2,1-2H3,(H,21,22). The van der Waals surface area contributed by atoms with Crippen molar-refractivity contribution in [1.29, 1.82) is 0 Å². The SMILES string of the molecule is COC(=O)CC(NC(=O)Cc1ccc(Br)cc1)c1ccc(OC)cc1. The fourth-order valence-corrected chi connectivity index (χ4v) is 2.64. The highest BCUT2D eigenvalue weighted by Gasteiger charge is 2.19. The third-order valence-electron chi connectivity index (χ3n) is 3.73. The molecule has 25 heavy (non-hydrogen) atoms. The van der Waals surface area contributed by atoms with Crippen molar-refractivity contribution in [3.05, 3.63) is 64.1 Å². The molecule has 0 saturated carbocycles. The molecule has 6 heteroatoms. The number of benzene rings is 2. The van der Waals surface area contributed by atoms with Crippen LogP contribution in [0.4, 0.5) is 0 Å². The van der Waals surface area contributed by atoms with E-state index < -0.39 is 6.04 Å². The lowest BCUT2D eigenvalue weighted by molar-refractivity contribution is -0.141. The van der Waals surface area contributed by atoms with Crippen molar-refractivity contribution in [2.75, 3.05) is 14.2 Å². The molecule has 1 amide bonds. The maximum atomic E-state index is 12.4. The maximum Gasteiger partial charge on any atom is 0.307 e. The molecule has 2 rings (SSSR count). The molecule has 1 unspecified atom stereocenters.